The van der Waals surface area contributed by atoms with Crippen molar-refractivity contribution in [3.63, 3.8) is 0 Å². The predicted molar refractivity (Wildman–Crippen MR) is 73.6 cm³/mol. The number of carbonyl (C=O) groups excluding carboxylic acids is 1. The predicted octanol–water partition coefficient (Wildman–Crippen LogP) is 4.23. The Morgan fingerprint density at radius 1 is 0.960 bits per heavy atom. The molecule has 136 valence electrons. The highest BCUT2D eigenvalue weighted by molar-refractivity contribution is 6.09. The zero-order chi connectivity index (χ0) is 19.0. The molecule has 0 fully saturated rings. The van der Waals surface area contributed by atoms with Crippen LogP contribution < -0.4 is 5.32 Å². The first-order chi connectivity index (χ1) is 11.4. The Bertz CT molecular complexity index is 749. The molecule has 2 rings (SSSR count). The number of aliphatic carboxylic acids is 1. The van der Waals surface area contributed by atoms with Crippen molar-refractivity contribution in [3.8, 4) is 0 Å². The Morgan fingerprint density at radius 2 is 1.56 bits per heavy atom. The summed E-state index contributed by atoms with van der Waals surface area (Å²) in [7, 11) is 0. The molecule has 0 radical (unpaired) electrons. The molecular formula is C15H11F6NO3. The highest BCUT2D eigenvalue weighted by Gasteiger charge is 2.39. The van der Waals surface area contributed by atoms with Crippen molar-refractivity contribution in [1.82, 2.24) is 0 Å². The molecular weight excluding hydrogens is 356 g/mol. The lowest BCUT2D eigenvalue weighted by molar-refractivity contribution is -0.142. The van der Waals surface area contributed by atoms with Gasteiger partial charge in [0, 0.05) is 11.1 Å². The second-order valence-electron chi connectivity index (χ2n) is 5.33. The van der Waals surface area contributed by atoms with Crippen LogP contribution in [0.4, 0.5) is 32.0 Å². The minimum Gasteiger partial charge on any atom is -0.478 e. The summed E-state index contributed by atoms with van der Waals surface area (Å²) in [6, 6.07) is 0.808. The van der Waals surface area contributed by atoms with Gasteiger partial charge in [-0.1, -0.05) is 0 Å². The van der Waals surface area contributed by atoms with E-state index in [4.69, 9.17) is 5.11 Å². The molecule has 0 bridgehead atoms. The standard InChI is InChI=1S/C15H11F6NO3/c16-14(17,18)7-4-5-11(10(6-7)15(19,20)21)22-12(23)8-2-1-3-9(8)13(24)25/h4-6H,1-3H2,(H,22,23)(H,24,25). The molecule has 0 saturated heterocycles. The molecule has 25 heavy (non-hydrogen) atoms. The first-order valence-corrected chi connectivity index (χ1v) is 6.96. The van der Waals surface area contributed by atoms with Crippen LogP contribution in [0, 0.1) is 0 Å². The summed E-state index contributed by atoms with van der Waals surface area (Å²) in [5, 5.41) is 10.8. The highest BCUT2D eigenvalue weighted by Crippen LogP contribution is 2.39. The van der Waals surface area contributed by atoms with Crippen molar-refractivity contribution in [2.45, 2.75) is 31.6 Å². The lowest BCUT2D eigenvalue weighted by atomic mass is 10.1. The molecule has 0 spiro atoms. The molecule has 0 unspecified atom stereocenters. The summed E-state index contributed by atoms with van der Waals surface area (Å²) >= 11 is 0. The molecule has 0 aliphatic heterocycles. The molecule has 0 heterocycles. The van der Waals surface area contributed by atoms with E-state index in [9.17, 15) is 35.9 Å². The number of alkyl halides is 6. The topological polar surface area (TPSA) is 66.4 Å². The zero-order valence-corrected chi connectivity index (χ0v) is 12.4. The van der Waals surface area contributed by atoms with Crippen LogP contribution in [0.2, 0.25) is 0 Å². The molecule has 2 N–H and O–H groups in total. The number of nitrogens with one attached hydrogen (secondary N) is 1. The summed E-state index contributed by atoms with van der Waals surface area (Å²) in [6.45, 7) is 0. The van der Waals surface area contributed by atoms with Gasteiger partial charge in [0.1, 0.15) is 0 Å². The van der Waals surface area contributed by atoms with Crippen LogP contribution in [0.1, 0.15) is 30.4 Å². The minimum atomic E-state index is -5.14. The number of carbonyl (C=O) groups is 2. The van der Waals surface area contributed by atoms with Gasteiger partial charge in [0.05, 0.1) is 16.8 Å². The van der Waals surface area contributed by atoms with Crippen molar-refractivity contribution >= 4 is 17.6 Å². The van der Waals surface area contributed by atoms with Gasteiger partial charge >= 0.3 is 18.3 Å². The van der Waals surface area contributed by atoms with Gasteiger partial charge in [0.25, 0.3) is 5.91 Å². The Balaban J connectivity index is 2.41. The second kappa shape index (κ2) is 6.41. The summed E-state index contributed by atoms with van der Waals surface area (Å²) in [6.07, 6.45) is -9.60. The maximum atomic E-state index is 13.0. The van der Waals surface area contributed by atoms with Crippen LogP contribution >= 0.6 is 0 Å². The number of carboxylic acid groups (broad SMARTS) is 1. The van der Waals surface area contributed by atoms with Crippen LogP contribution in [-0.2, 0) is 21.9 Å². The first kappa shape index (κ1) is 18.8. The number of amides is 1. The molecule has 1 amide bonds. The highest BCUT2D eigenvalue weighted by atomic mass is 19.4. The maximum Gasteiger partial charge on any atom is 0.418 e. The van der Waals surface area contributed by atoms with E-state index < -0.39 is 41.0 Å². The van der Waals surface area contributed by atoms with Crippen LogP contribution in [0.25, 0.3) is 0 Å². The number of rotatable bonds is 3. The van der Waals surface area contributed by atoms with Crippen LogP contribution in [0.15, 0.2) is 29.3 Å². The number of benzene rings is 1. The van der Waals surface area contributed by atoms with Crippen molar-refractivity contribution < 1.29 is 41.0 Å². The normalized spacial score (nSPS) is 15.4. The molecule has 1 aliphatic rings. The molecule has 1 aromatic carbocycles. The maximum absolute atomic E-state index is 13.0. The Labute approximate surface area is 137 Å². The van der Waals surface area contributed by atoms with Gasteiger partial charge in [-0.15, -0.1) is 0 Å². The van der Waals surface area contributed by atoms with E-state index in [2.05, 4.69) is 0 Å². The van der Waals surface area contributed by atoms with Crippen LogP contribution in [0.5, 0.6) is 0 Å². The fourth-order valence-electron chi connectivity index (χ4n) is 2.49. The van der Waals surface area contributed by atoms with Gasteiger partial charge in [0.15, 0.2) is 0 Å². The van der Waals surface area contributed by atoms with Gasteiger partial charge in [-0.25, -0.2) is 4.79 Å². The average Bonchev–Trinajstić information content (AvgIpc) is 2.95. The minimum absolute atomic E-state index is 0.0649. The molecule has 4 nitrogen and oxygen atoms in total. The van der Waals surface area contributed by atoms with E-state index >= 15 is 0 Å². The summed E-state index contributed by atoms with van der Waals surface area (Å²) in [4.78, 5) is 23.1. The van der Waals surface area contributed by atoms with Gasteiger partial charge < -0.3 is 10.4 Å². The van der Waals surface area contributed by atoms with Crippen molar-refractivity contribution in [2.75, 3.05) is 5.32 Å². The molecule has 0 atom stereocenters. The smallest absolute Gasteiger partial charge is 0.418 e. The van der Waals surface area contributed by atoms with E-state index in [1.165, 1.54) is 0 Å². The third-order valence-electron chi connectivity index (χ3n) is 3.65. The molecule has 1 aliphatic carbocycles. The number of carboxylic acids is 1. The third-order valence-corrected chi connectivity index (χ3v) is 3.65. The largest absolute Gasteiger partial charge is 0.478 e. The fourth-order valence-corrected chi connectivity index (χ4v) is 2.49. The van der Waals surface area contributed by atoms with Crippen molar-refractivity contribution in [2.24, 2.45) is 0 Å². The first-order valence-electron chi connectivity index (χ1n) is 6.96. The van der Waals surface area contributed by atoms with Crippen LogP contribution in [-0.4, -0.2) is 17.0 Å². The number of anilines is 1. The zero-order valence-electron chi connectivity index (χ0n) is 12.4. The van der Waals surface area contributed by atoms with Crippen LogP contribution in [0.3, 0.4) is 0 Å². The summed E-state index contributed by atoms with van der Waals surface area (Å²) in [5.74, 6) is -2.42. The van der Waals surface area contributed by atoms with E-state index in [0.717, 1.165) is 0 Å². The van der Waals surface area contributed by atoms with E-state index in [-0.39, 0.29) is 30.1 Å². The molecule has 0 saturated carbocycles. The lowest BCUT2D eigenvalue weighted by Crippen LogP contribution is -2.20. The third kappa shape index (κ3) is 4.12. The summed E-state index contributed by atoms with van der Waals surface area (Å²) < 4.78 is 76.9. The van der Waals surface area contributed by atoms with Crippen molar-refractivity contribution in [3.05, 3.63) is 40.5 Å². The van der Waals surface area contributed by atoms with E-state index in [1.807, 2.05) is 5.32 Å². The molecule has 0 aromatic heterocycles. The van der Waals surface area contributed by atoms with Gasteiger partial charge in [0.2, 0.25) is 0 Å². The summed E-state index contributed by atoms with van der Waals surface area (Å²) in [5.41, 5.74) is -4.43. The second-order valence-corrected chi connectivity index (χ2v) is 5.33. The van der Waals surface area contributed by atoms with Crippen molar-refractivity contribution in [1.29, 1.82) is 0 Å². The fraction of sp³-hybridized carbons (Fsp3) is 0.333. The van der Waals surface area contributed by atoms with Gasteiger partial charge in [-0.2, -0.15) is 26.3 Å². The Morgan fingerprint density at radius 3 is 2.08 bits per heavy atom. The number of halogens is 6. The molecule has 1 aromatic rings. The lowest BCUT2D eigenvalue weighted by Gasteiger charge is -2.17. The number of hydrogen-bond acceptors (Lipinski definition) is 2. The van der Waals surface area contributed by atoms with E-state index in [0.29, 0.717) is 18.6 Å². The molecule has 10 heteroatoms. The Kier molecular flexibility index (Phi) is 4.83. The number of hydrogen-bond donors (Lipinski definition) is 2. The van der Waals surface area contributed by atoms with Gasteiger partial charge in [-0.3, -0.25) is 4.79 Å². The SMILES string of the molecule is O=C(O)C1=C(C(=O)Nc2ccc(C(F)(F)F)cc2C(F)(F)F)CCC1. The monoisotopic (exact) mass is 367 g/mol. The average molecular weight is 367 g/mol. The Hall–Kier alpha value is -2.52. The van der Waals surface area contributed by atoms with Gasteiger partial charge in [-0.05, 0) is 37.5 Å². The quantitative estimate of drug-likeness (QED) is 0.786. The van der Waals surface area contributed by atoms with E-state index in [1.54, 1.807) is 0 Å².